The molecule has 0 amide bonds. The van der Waals surface area contributed by atoms with Gasteiger partial charge in [0.05, 0.1) is 10.7 Å². The molecule has 0 unspecified atom stereocenters. The Bertz CT molecular complexity index is 330. The molecule has 11 heavy (non-hydrogen) atoms. The van der Waals surface area contributed by atoms with Gasteiger partial charge in [-0.3, -0.25) is 0 Å². The molecule has 2 nitrogen and oxygen atoms in total. The zero-order chi connectivity index (χ0) is 8.43. The number of nitrogens with two attached hydrogens (primary N) is 1. The van der Waals surface area contributed by atoms with Crippen molar-refractivity contribution in [1.82, 2.24) is 0 Å². The minimum Gasteiger partial charge on any atom is -0.398 e. The number of benzene rings is 1. The maximum atomic E-state index is 12.8. The van der Waals surface area contributed by atoms with E-state index in [-0.39, 0.29) is 16.3 Å². The van der Waals surface area contributed by atoms with Crippen LogP contribution in [0.25, 0.3) is 0 Å². The molecule has 56 valence electrons. The molecule has 1 aromatic rings. The Balaban J connectivity index is 3.44. The summed E-state index contributed by atoms with van der Waals surface area (Å²) >= 11 is 5.38. The van der Waals surface area contributed by atoms with Gasteiger partial charge in [0.15, 0.2) is 5.82 Å². The van der Waals surface area contributed by atoms with Gasteiger partial charge in [-0.25, -0.2) is 4.39 Å². The van der Waals surface area contributed by atoms with E-state index in [1.807, 2.05) is 0 Å². The standard InChI is InChI=1S/C7H4ClFN2/c8-5-1-2-6(11)4(3-10)7(5)9/h1-2H,11H2. The molecule has 4 heteroatoms. The average molecular weight is 171 g/mol. The second kappa shape index (κ2) is 2.77. The lowest BCUT2D eigenvalue weighted by molar-refractivity contribution is 0.625. The molecule has 0 aliphatic rings. The van der Waals surface area contributed by atoms with Gasteiger partial charge < -0.3 is 5.73 Å². The Labute approximate surface area is 68.0 Å². The van der Waals surface area contributed by atoms with Crippen molar-refractivity contribution in [3.8, 4) is 6.07 Å². The van der Waals surface area contributed by atoms with Crippen molar-refractivity contribution >= 4 is 17.3 Å². The second-order valence-corrected chi connectivity index (χ2v) is 2.34. The van der Waals surface area contributed by atoms with Gasteiger partial charge >= 0.3 is 0 Å². The first-order valence-corrected chi connectivity index (χ1v) is 3.18. The van der Waals surface area contributed by atoms with E-state index < -0.39 is 5.82 Å². The molecule has 0 spiro atoms. The zero-order valence-corrected chi connectivity index (χ0v) is 6.19. The van der Waals surface area contributed by atoms with E-state index in [0.717, 1.165) is 0 Å². The van der Waals surface area contributed by atoms with Crippen molar-refractivity contribution in [2.24, 2.45) is 0 Å². The minimum absolute atomic E-state index is 0.0873. The third-order valence-corrected chi connectivity index (χ3v) is 1.53. The summed E-state index contributed by atoms with van der Waals surface area (Å²) in [5.41, 5.74) is 5.19. The summed E-state index contributed by atoms with van der Waals surface area (Å²) in [5, 5.41) is 8.31. The molecule has 0 heterocycles. The largest absolute Gasteiger partial charge is 0.398 e. The maximum Gasteiger partial charge on any atom is 0.161 e. The first kappa shape index (κ1) is 7.83. The highest BCUT2D eigenvalue weighted by Gasteiger charge is 2.08. The Morgan fingerprint density at radius 3 is 2.64 bits per heavy atom. The van der Waals surface area contributed by atoms with E-state index in [0.29, 0.717) is 0 Å². The van der Waals surface area contributed by atoms with Crippen LogP contribution in [0.3, 0.4) is 0 Å². The van der Waals surface area contributed by atoms with Gasteiger partial charge in [-0.05, 0) is 12.1 Å². The Kier molecular flexibility index (Phi) is 1.97. The second-order valence-electron chi connectivity index (χ2n) is 1.94. The molecule has 0 aliphatic carbocycles. The van der Waals surface area contributed by atoms with Crippen LogP contribution in [0.5, 0.6) is 0 Å². The third kappa shape index (κ3) is 1.26. The Morgan fingerprint density at radius 1 is 1.55 bits per heavy atom. The first-order valence-electron chi connectivity index (χ1n) is 2.80. The smallest absolute Gasteiger partial charge is 0.161 e. The first-order chi connectivity index (χ1) is 5.16. The van der Waals surface area contributed by atoms with E-state index in [2.05, 4.69) is 0 Å². The molecule has 0 bridgehead atoms. The Morgan fingerprint density at radius 2 is 2.18 bits per heavy atom. The summed E-state index contributed by atoms with van der Waals surface area (Å²) in [6.07, 6.45) is 0. The molecule has 0 aliphatic heterocycles. The van der Waals surface area contributed by atoms with Gasteiger partial charge in [0, 0.05) is 0 Å². The van der Waals surface area contributed by atoms with Crippen LogP contribution in [0, 0.1) is 17.1 Å². The molecule has 2 N–H and O–H groups in total. The van der Waals surface area contributed by atoms with Crippen molar-refractivity contribution in [3.63, 3.8) is 0 Å². The number of hydrogen-bond donors (Lipinski definition) is 1. The number of nitriles is 1. The molecule has 0 radical (unpaired) electrons. The predicted molar refractivity (Wildman–Crippen MR) is 40.5 cm³/mol. The summed E-state index contributed by atoms with van der Waals surface area (Å²) in [5.74, 6) is -0.755. The highest BCUT2D eigenvalue weighted by molar-refractivity contribution is 6.30. The zero-order valence-electron chi connectivity index (χ0n) is 5.44. The average Bonchev–Trinajstić information content (AvgIpc) is 1.99. The van der Waals surface area contributed by atoms with Crippen LogP contribution < -0.4 is 5.73 Å². The Hall–Kier alpha value is -1.27. The SMILES string of the molecule is N#Cc1c(N)ccc(Cl)c1F. The van der Waals surface area contributed by atoms with Crippen molar-refractivity contribution in [3.05, 3.63) is 28.5 Å². The molecule has 1 aromatic carbocycles. The summed E-state index contributed by atoms with van der Waals surface area (Å²) in [7, 11) is 0. The van der Waals surface area contributed by atoms with Gasteiger partial charge in [0.1, 0.15) is 11.6 Å². The number of hydrogen-bond acceptors (Lipinski definition) is 2. The van der Waals surface area contributed by atoms with Crippen LogP contribution >= 0.6 is 11.6 Å². The van der Waals surface area contributed by atoms with E-state index in [1.165, 1.54) is 12.1 Å². The van der Waals surface area contributed by atoms with Gasteiger partial charge in [0.25, 0.3) is 0 Å². The van der Waals surface area contributed by atoms with E-state index in [4.69, 9.17) is 22.6 Å². The van der Waals surface area contributed by atoms with Crippen molar-refractivity contribution < 1.29 is 4.39 Å². The van der Waals surface area contributed by atoms with Gasteiger partial charge in [-0.2, -0.15) is 5.26 Å². The fourth-order valence-corrected chi connectivity index (χ4v) is 0.837. The number of anilines is 1. The molecule has 0 saturated carbocycles. The molecule has 1 rings (SSSR count). The molecular formula is C7H4ClFN2. The number of halogens is 2. The summed E-state index contributed by atoms with van der Waals surface area (Å²) in [4.78, 5) is 0. The highest BCUT2D eigenvalue weighted by Crippen LogP contribution is 2.22. The quantitative estimate of drug-likeness (QED) is 0.605. The lowest BCUT2D eigenvalue weighted by Crippen LogP contribution is -1.93. The van der Waals surface area contributed by atoms with Crippen LogP contribution in [0.4, 0.5) is 10.1 Å². The number of nitrogen functional groups attached to an aromatic ring is 1. The van der Waals surface area contributed by atoms with Crippen LogP contribution in [-0.4, -0.2) is 0 Å². The molecule has 0 saturated heterocycles. The van der Waals surface area contributed by atoms with Gasteiger partial charge in [-0.1, -0.05) is 11.6 Å². The fourth-order valence-electron chi connectivity index (χ4n) is 0.679. The summed E-state index contributed by atoms with van der Waals surface area (Å²) < 4.78 is 12.8. The normalized spacial score (nSPS) is 9.18. The van der Waals surface area contributed by atoms with Gasteiger partial charge in [-0.15, -0.1) is 0 Å². The third-order valence-electron chi connectivity index (χ3n) is 1.24. The molecule has 0 fully saturated rings. The van der Waals surface area contributed by atoms with Crippen LogP contribution in [-0.2, 0) is 0 Å². The fraction of sp³-hybridized carbons (Fsp3) is 0. The highest BCUT2D eigenvalue weighted by atomic mass is 35.5. The lowest BCUT2D eigenvalue weighted by Gasteiger charge is -1.98. The molecule has 0 atom stereocenters. The molecular weight excluding hydrogens is 167 g/mol. The van der Waals surface area contributed by atoms with Crippen molar-refractivity contribution in [2.75, 3.05) is 5.73 Å². The predicted octanol–water partition coefficient (Wildman–Crippen LogP) is 1.93. The van der Waals surface area contributed by atoms with E-state index in [1.54, 1.807) is 6.07 Å². The minimum atomic E-state index is -0.755. The number of nitrogens with zero attached hydrogens (tertiary/aromatic N) is 1. The van der Waals surface area contributed by atoms with E-state index in [9.17, 15) is 4.39 Å². The molecule has 0 aromatic heterocycles. The lowest BCUT2D eigenvalue weighted by atomic mass is 10.2. The van der Waals surface area contributed by atoms with Crippen molar-refractivity contribution in [2.45, 2.75) is 0 Å². The van der Waals surface area contributed by atoms with Crippen LogP contribution in [0.1, 0.15) is 5.56 Å². The maximum absolute atomic E-state index is 12.8. The van der Waals surface area contributed by atoms with Crippen LogP contribution in [0.15, 0.2) is 12.1 Å². The monoisotopic (exact) mass is 170 g/mol. The summed E-state index contributed by atoms with van der Waals surface area (Å²) in [6, 6.07) is 4.33. The van der Waals surface area contributed by atoms with E-state index >= 15 is 0 Å². The van der Waals surface area contributed by atoms with Crippen LogP contribution in [0.2, 0.25) is 5.02 Å². The summed E-state index contributed by atoms with van der Waals surface area (Å²) in [6.45, 7) is 0. The topological polar surface area (TPSA) is 49.8 Å². The number of rotatable bonds is 0. The van der Waals surface area contributed by atoms with Gasteiger partial charge in [0.2, 0.25) is 0 Å². The van der Waals surface area contributed by atoms with Crippen molar-refractivity contribution in [1.29, 1.82) is 5.26 Å².